The fraction of sp³-hybridized carbons (Fsp3) is 0.0909. The number of ether oxygens (including phenoxy) is 1. The summed E-state index contributed by atoms with van der Waals surface area (Å²) in [5.41, 5.74) is 2.11. The highest BCUT2D eigenvalue weighted by atomic mass is 19.1. The van der Waals surface area contributed by atoms with Crippen LogP contribution >= 0.6 is 0 Å². The molecule has 0 aliphatic carbocycles. The third kappa shape index (κ3) is 4.40. The van der Waals surface area contributed by atoms with E-state index in [1.807, 2.05) is 0 Å². The van der Waals surface area contributed by atoms with Gasteiger partial charge in [0.15, 0.2) is 5.69 Å². The number of nitrogens with one attached hydrogen (secondary N) is 1. The van der Waals surface area contributed by atoms with E-state index in [0.717, 1.165) is 18.2 Å². The quantitative estimate of drug-likeness (QED) is 0.515. The monoisotopic (exact) mass is 421 g/mol. The number of nitrogens with zero attached hydrogens (tertiary/aromatic N) is 4. The molecule has 4 aromatic rings. The highest BCUT2D eigenvalue weighted by Crippen LogP contribution is 2.26. The number of halogens is 2. The Bertz CT molecular complexity index is 1210. The lowest BCUT2D eigenvalue weighted by Gasteiger charge is -2.10. The van der Waals surface area contributed by atoms with Crippen molar-refractivity contribution >= 4 is 5.91 Å². The molecule has 0 bridgehead atoms. The molecule has 31 heavy (non-hydrogen) atoms. The van der Waals surface area contributed by atoms with Crippen LogP contribution in [0.4, 0.5) is 8.78 Å². The molecule has 2 heterocycles. The van der Waals surface area contributed by atoms with Gasteiger partial charge in [-0.2, -0.15) is 0 Å². The third-order valence-electron chi connectivity index (χ3n) is 4.51. The molecule has 0 fully saturated rings. The first-order valence-electron chi connectivity index (χ1n) is 9.29. The van der Waals surface area contributed by atoms with E-state index in [1.54, 1.807) is 55.9 Å². The van der Waals surface area contributed by atoms with Crippen molar-refractivity contribution < 1.29 is 18.3 Å². The molecule has 2 aromatic heterocycles. The number of hydrogen-bond acceptors (Lipinski definition) is 5. The first kappa shape index (κ1) is 20.1. The van der Waals surface area contributed by atoms with E-state index in [2.05, 4.69) is 20.6 Å². The summed E-state index contributed by atoms with van der Waals surface area (Å²) in [7, 11) is 1.55. The average molecular weight is 421 g/mol. The molecule has 2 aromatic carbocycles. The van der Waals surface area contributed by atoms with Gasteiger partial charge in [-0.3, -0.25) is 9.78 Å². The molecule has 0 aliphatic rings. The number of aromatic nitrogens is 4. The SMILES string of the molecule is COc1cccc(-n2nnc(C(=O)NCc3cc(F)cc(F)c3)c2-c2ccncc2)c1. The van der Waals surface area contributed by atoms with E-state index in [-0.39, 0.29) is 17.8 Å². The van der Waals surface area contributed by atoms with E-state index >= 15 is 0 Å². The number of benzene rings is 2. The predicted octanol–water partition coefficient (Wildman–Crippen LogP) is 3.55. The Hall–Kier alpha value is -4.14. The van der Waals surface area contributed by atoms with Crippen LogP contribution in [-0.4, -0.2) is 33.0 Å². The maximum Gasteiger partial charge on any atom is 0.274 e. The molecule has 9 heteroatoms. The minimum Gasteiger partial charge on any atom is -0.497 e. The van der Waals surface area contributed by atoms with Crippen molar-refractivity contribution in [3.63, 3.8) is 0 Å². The van der Waals surface area contributed by atoms with Crippen LogP contribution in [0, 0.1) is 11.6 Å². The van der Waals surface area contributed by atoms with Gasteiger partial charge in [0.2, 0.25) is 0 Å². The van der Waals surface area contributed by atoms with Crippen LogP contribution < -0.4 is 10.1 Å². The van der Waals surface area contributed by atoms with Crippen molar-refractivity contribution in [2.24, 2.45) is 0 Å². The maximum atomic E-state index is 13.4. The van der Waals surface area contributed by atoms with Crippen LogP contribution in [0.5, 0.6) is 5.75 Å². The van der Waals surface area contributed by atoms with Gasteiger partial charge in [0, 0.05) is 36.6 Å². The largest absolute Gasteiger partial charge is 0.497 e. The number of amides is 1. The van der Waals surface area contributed by atoms with Crippen LogP contribution in [-0.2, 0) is 6.54 Å². The van der Waals surface area contributed by atoms with Gasteiger partial charge >= 0.3 is 0 Å². The van der Waals surface area contributed by atoms with Crippen molar-refractivity contribution in [1.29, 1.82) is 0 Å². The van der Waals surface area contributed by atoms with Crippen molar-refractivity contribution in [3.05, 3.63) is 89.9 Å². The molecule has 7 nitrogen and oxygen atoms in total. The highest BCUT2D eigenvalue weighted by Gasteiger charge is 2.22. The Morgan fingerprint density at radius 2 is 1.81 bits per heavy atom. The molecule has 0 aliphatic heterocycles. The maximum absolute atomic E-state index is 13.4. The van der Waals surface area contributed by atoms with Crippen molar-refractivity contribution in [2.75, 3.05) is 7.11 Å². The van der Waals surface area contributed by atoms with Crippen LogP contribution in [0.25, 0.3) is 16.9 Å². The van der Waals surface area contributed by atoms with Crippen LogP contribution in [0.15, 0.2) is 67.0 Å². The Morgan fingerprint density at radius 1 is 1.06 bits per heavy atom. The normalized spacial score (nSPS) is 10.7. The van der Waals surface area contributed by atoms with E-state index in [4.69, 9.17) is 4.74 Å². The molecule has 4 rings (SSSR count). The molecule has 1 N–H and O–H groups in total. The molecule has 0 unspecified atom stereocenters. The summed E-state index contributed by atoms with van der Waals surface area (Å²) in [5.74, 6) is -1.35. The van der Waals surface area contributed by atoms with Crippen LogP contribution in [0.3, 0.4) is 0 Å². The van der Waals surface area contributed by atoms with E-state index in [9.17, 15) is 13.6 Å². The zero-order valence-corrected chi connectivity index (χ0v) is 16.4. The fourth-order valence-corrected chi connectivity index (χ4v) is 3.11. The highest BCUT2D eigenvalue weighted by molar-refractivity contribution is 5.98. The summed E-state index contributed by atoms with van der Waals surface area (Å²) in [6.07, 6.45) is 3.19. The van der Waals surface area contributed by atoms with E-state index < -0.39 is 17.5 Å². The summed E-state index contributed by atoms with van der Waals surface area (Å²) >= 11 is 0. The Morgan fingerprint density at radius 3 is 2.52 bits per heavy atom. The second-order valence-electron chi connectivity index (χ2n) is 6.60. The first-order valence-corrected chi connectivity index (χ1v) is 9.29. The third-order valence-corrected chi connectivity index (χ3v) is 4.51. The lowest BCUT2D eigenvalue weighted by atomic mass is 10.1. The number of hydrogen-bond donors (Lipinski definition) is 1. The minimum atomic E-state index is -0.717. The van der Waals surface area contributed by atoms with Gasteiger partial charge in [0.05, 0.1) is 12.8 Å². The van der Waals surface area contributed by atoms with Gasteiger partial charge in [-0.05, 0) is 42.0 Å². The molecular weight excluding hydrogens is 404 g/mol. The Kier molecular flexibility index (Phi) is 5.65. The Balaban J connectivity index is 1.70. The lowest BCUT2D eigenvalue weighted by Crippen LogP contribution is -2.24. The molecule has 0 spiro atoms. The van der Waals surface area contributed by atoms with Crippen molar-refractivity contribution in [2.45, 2.75) is 6.54 Å². The molecule has 0 saturated carbocycles. The van der Waals surface area contributed by atoms with Gasteiger partial charge in [-0.1, -0.05) is 11.3 Å². The van der Waals surface area contributed by atoms with Gasteiger partial charge in [-0.25, -0.2) is 13.5 Å². The number of rotatable bonds is 6. The number of pyridine rings is 1. The average Bonchev–Trinajstić information content (AvgIpc) is 3.23. The first-order chi connectivity index (χ1) is 15.0. The molecule has 1 amide bonds. The minimum absolute atomic E-state index is 0.0610. The summed E-state index contributed by atoms with van der Waals surface area (Å²) in [4.78, 5) is 16.9. The zero-order chi connectivity index (χ0) is 21.8. The Labute approximate surface area is 176 Å². The second-order valence-corrected chi connectivity index (χ2v) is 6.60. The lowest BCUT2D eigenvalue weighted by molar-refractivity contribution is 0.0946. The van der Waals surface area contributed by atoms with E-state index in [1.165, 1.54) is 4.68 Å². The predicted molar refractivity (Wildman–Crippen MR) is 109 cm³/mol. The van der Waals surface area contributed by atoms with E-state index in [0.29, 0.717) is 22.7 Å². The van der Waals surface area contributed by atoms with Crippen molar-refractivity contribution in [3.8, 4) is 22.7 Å². The van der Waals surface area contributed by atoms with Gasteiger partial charge in [0.1, 0.15) is 23.1 Å². The molecule has 0 radical (unpaired) electrons. The second kappa shape index (κ2) is 8.70. The van der Waals surface area contributed by atoms with Gasteiger partial charge in [0.25, 0.3) is 5.91 Å². The van der Waals surface area contributed by atoms with Crippen LogP contribution in [0.2, 0.25) is 0 Å². The summed E-state index contributed by atoms with van der Waals surface area (Å²) < 4.78 is 33.6. The van der Waals surface area contributed by atoms with Gasteiger partial charge < -0.3 is 10.1 Å². The molecule has 156 valence electrons. The zero-order valence-electron chi connectivity index (χ0n) is 16.4. The number of carbonyl (C=O) groups is 1. The molecule has 0 atom stereocenters. The van der Waals surface area contributed by atoms with Crippen molar-refractivity contribution in [1.82, 2.24) is 25.3 Å². The topological polar surface area (TPSA) is 81.9 Å². The van der Waals surface area contributed by atoms with Gasteiger partial charge in [-0.15, -0.1) is 5.10 Å². The summed E-state index contributed by atoms with van der Waals surface area (Å²) in [6, 6.07) is 13.7. The van der Waals surface area contributed by atoms with Crippen LogP contribution in [0.1, 0.15) is 16.1 Å². The molecular formula is C22H17F2N5O2. The molecule has 0 saturated heterocycles. The number of methoxy groups -OCH3 is 1. The number of carbonyl (C=O) groups excluding carboxylic acids is 1. The summed E-state index contributed by atoms with van der Waals surface area (Å²) in [5, 5.41) is 10.9. The smallest absolute Gasteiger partial charge is 0.274 e. The summed E-state index contributed by atoms with van der Waals surface area (Å²) in [6.45, 7) is -0.0741. The fourth-order valence-electron chi connectivity index (χ4n) is 3.11. The standard InChI is InChI=1S/C22H17F2N5O2/c1-31-19-4-2-3-18(12-19)29-21(15-5-7-25-8-6-15)20(27-28-29)22(30)26-13-14-9-16(23)11-17(24)10-14/h2-12H,13H2,1H3,(H,26,30).